The molecule has 1 aliphatic heterocycles. The average Bonchev–Trinajstić information content (AvgIpc) is 2.86. The lowest BCUT2D eigenvalue weighted by Gasteiger charge is -2.42. The van der Waals surface area contributed by atoms with Gasteiger partial charge >= 0.3 is 6.03 Å². The second kappa shape index (κ2) is 12.3. The van der Waals surface area contributed by atoms with E-state index in [0.29, 0.717) is 30.8 Å². The van der Waals surface area contributed by atoms with Gasteiger partial charge in [-0.15, -0.1) is 0 Å². The summed E-state index contributed by atoms with van der Waals surface area (Å²) in [7, 11) is 0. The number of rotatable bonds is 8. The largest absolute Gasteiger partial charge is 0.394 e. The SMILES string of the molecule is CC(=O)c1cccc(NC(=O)NC2CCCCC2CN2C[C@H](Cc3ccc(F)cc3)NC(=O)[C@@H]2CO)c1. The molecule has 1 aliphatic carbocycles. The van der Waals surface area contributed by atoms with E-state index >= 15 is 0 Å². The van der Waals surface area contributed by atoms with Gasteiger partial charge in [-0.25, -0.2) is 9.18 Å². The summed E-state index contributed by atoms with van der Waals surface area (Å²) in [6, 6.07) is 11.9. The van der Waals surface area contributed by atoms with Crippen molar-refractivity contribution in [1.82, 2.24) is 15.5 Å². The molecule has 198 valence electrons. The fourth-order valence-corrected chi connectivity index (χ4v) is 5.41. The molecular formula is C28H35FN4O4. The number of hydrogen-bond donors (Lipinski definition) is 4. The third kappa shape index (κ3) is 7.14. The van der Waals surface area contributed by atoms with E-state index in [1.165, 1.54) is 19.1 Å². The highest BCUT2D eigenvalue weighted by molar-refractivity contribution is 5.96. The Morgan fingerprint density at radius 3 is 2.62 bits per heavy atom. The summed E-state index contributed by atoms with van der Waals surface area (Å²) < 4.78 is 13.3. The van der Waals surface area contributed by atoms with E-state index < -0.39 is 6.04 Å². The number of halogens is 1. The number of hydrogen-bond acceptors (Lipinski definition) is 5. The normalized spacial score (nSPS) is 24.2. The minimum Gasteiger partial charge on any atom is -0.394 e. The topological polar surface area (TPSA) is 111 Å². The third-order valence-corrected chi connectivity index (χ3v) is 7.33. The van der Waals surface area contributed by atoms with Crippen molar-refractivity contribution in [2.75, 3.05) is 25.0 Å². The predicted octanol–water partition coefficient (Wildman–Crippen LogP) is 3.11. The van der Waals surface area contributed by atoms with Crippen LogP contribution in [0.3, 0.4) is 0 Å². The van der Waals surface area contributed by atoms with Gasteiger partial charge in [0.05, 0.1) is 6.61 Å². The number of Topliss-reactive ketones (excluding diaryl/α,β-unsaturated/α-hetero) is 1. The molecule has 1 saturated carbocycles. The van der Waals surface area contributed by atoms with Crippen LogP contribution < -0.4 is 16.0 Å². The number of nitrogens with zero attached hydrogens (tertiary/aromatic N) is 1. The van der Waals surface area contributed by atoms with E-state index in [-0.39, 0.29) is 48.1 Å². The number of carbonyl (C=O) groups excluding carboxylic acids is 3. The molecule has 4 rings (SSSR count). The van der Waals surface area contributed by atoms with Crippen molar-refractivity contribution in [3.05, 3.63) is 65.5 Å². The highest BCUT2D eigenvalue weighted by atomic mass is 19.1. The number of amides is 3. The molecule has 2 aromatic carbocycles. The van der Waals surface area contributed by atoms with Gasteiger partial charge in [-0.3, -0.25) is 14.5 Å². The Morgan fingerprint density at radius 1 is 1.14 bits per heavy atom. The van der Waals surface area contributed by atoms with Crippen LogP contribution in [0.15, 0.2) is 48.5 Å². The maximum absolute atomic E-state index is 13.3. The maximum atomic E-state index is 13.3. The molecule has 0 aromatic heterocycles. The fourth-order valence-electron chi connectivity index (χ4n) is 5.41. The molecule has 3 amide bonds. The molecule has 8 nitrogen and oxygen atoms in total. The first-order valence-corrected chi connectivity index (χ1v) is 12.9. The number of piperazine rings is 1. The molecule has 1 heterocycles. The summed E-state index contributed by atoms with van der Waals surface area (Å²) in [5.74, 6) is -0.471. The first-order chi connectivity index (χ1) is 17.8. The predicted molar refractivity (Wildman–Crippen MR) is 139 cm³/mol. The molecule has 9 heteroatoms. The second-order valence-electron chi connectivity index (χ2n) is 10.1. The van der Waals surface area contributed by atoms with Gasteiger partial charge < -0.3 is 21.1 Å². The molecule has 1 saturated heterocycles. The molecule has 4 atom stereocenters. The average molecular weight is 511 g/mol. The lowest BCUT2D eigenvalue weighted by molar-refractivity contribution is -0.133. The Balaban J connectivity index is 1.40. The van der Waals surface area contributed by atoms with Crippen molar-refractivity contribution >= 4 is 23.4 Å². The minimum atomic E-state index is -0.643. The van der Waals surface area contributed by atoms with Crippen molar-refractivity contribution in [2.24, 2.45) is 5.92 Å². The zero-order valence-corrected chi connectivity index (χ0v) is 21.1. The molecule has 0 radical (unpaired) electrons. The Labute approximate surface area is 216 Å². The van der Waals surface area contributed by atoms with Crippen LogP contribution in [0.25, 0.3) is 0 Å². The number of aliphatic hydroxyl groups is 1. The summed E-state index contributed by atoms with van der Waals surface area (Å²) in [6.45, 7) is 2.33. The highest BCUT2D eigenvalue weighted by Crippen LogP contribution is 2.27. The van der Waals surface area contributed by atoms with Gasteiger partial charge in [-0.1, -0.05) is 37.1 Å². The van der Waals surface area contributed by atoms with Crippen LogP contribution in [-0.2, 0) is 11.2 Å². The van der Waals surface area contributed by atoms with Gasteiger partial charge in [-0.05, 0) is 61.9 Å². The summed E-state index contributed by atoms with van der Waals surface area (Å²) in [5, 5.41) is 18.9. The van der Waals surface area contributed by atoms with Gasteiger partial charge in [0.15, 0.2) is 5.78 Å². The Bertz CT molecular complexity index is 1110. The van der Waals surface area contributed by atoms with E-state index in [9.17, 15) is 23.9 Å². The summed E-state index contributed by atoms with van der Waals surface area (Å²) >= 11 is 0. The molecule has 0 spiro atoms. The zero-order chi connectivity index (χ0) is 26.4. The smallest absolute Gasteiger partial charge is 0.319 e. The lowest BCUT2D eigenvalue weighted by Crippen LogP contribution is -2.63. The number of nitrogens with one attached hydrogen (secondary N) is 3. The Kier molecular flexibility index (Phi) is 8.89. The molecule has 37 heavy (non-hydrogen) atoms. The van der Waals surface area contributed by atoms with Crippen LogP contribution in [0.5, 0.6) is 0 Å². The maximum Gasteiger partial charge on any atom is 0.319 e. The van der Waals surface area contributed by atoms with E-state index in [4.69, 9.17) is 0 Å². The van der Waals surface area contributed by atoms with Crippen molar-refractivity contribution in [3.8, 4) is 0 Å². The summed E-state index contributed by atoms with van der Waals surface area (Å²) in [4.78, 5) is 39.3. The summed E-state index contributed by atoms with van der Waals surface area (Å²) in [5.41, 5.74) is 2.01. The van der Waals surface area contributed by atoms with Crippen molar-refractivity contribution < 1.29 is 23.9 Å². The zero-order valence-electron chi connectivity index (χ0n) is 21.1. The van der Waals surface area contributed by atoms with E-state index in [1.54, 1.807) is 36.4 Å². The number of aliphatic hydroxyl groups excluding tert-OH is 1. The van der Waals surface area contributed by atoms with Crippen LogP contribution in [0, 0.1) is 11.7 Å². The Hall–Kier alpha value is -3.30. The van der Waals surface area contributed by atoms with Gasteiger partial charge in [0.1, 0.15) is 11.9 Å². The van der Waals surface area contributed by atoms with Gasteiger partial charge in [-0.2, -0.15) is 0 Å². The fraction of sp³-hybridized carbons (Fsp3) is 0.464. The summed E-state index contributed by atoms with van der Waals surface area (Å²) in [6.07, 6.45) is 4.33. The monoisotopic (exact) mass is 510 g/mol. The number of benzene rings is 2. The molecular weight excluding hydrogens is 475 g/mol. The second-order valence-corrected chi connectivity index (χ2v) is 10.1. The van der Waals surface area contributed by atoms with E-state index in [2.05, 4.69) is 16.0 Å². The number of ketones is 1. The number of urea groups is 1. The molecule has 2 unspecified atom stereocenters. The van der Waals surface area contributed by atoms with Gasteiger partial charge in [0, 0.05) is 36.4 Å². The molecule has 0 bridgehead atoms. The first-order valence-electron chi connectivity index (χ1n) is 12.9. The van der Waals surface area contributed by atoms with Crippen LogP contribution in [0.4, 0.5) is 14.9 Å². The van der Waals surface area contributed by atoms with Gasteiger partial charge in [0.2, 0.25) is 5.91 Å². The van der Waals surface area contributed by atoms with E-state index in [0.717, 1.165) is 31.2 Å². The third-order valence-electron chi connectivity index (χ3n) is 7.33. The van der Waals surface area contributed by atoms with Crippen LogP contribution in [0.2, 0.25) is 0 Å². The van der Waals surface area contributed by atoms with Crippen molar-refractivity contribution in [1.29, 1.82) is 0 Å². The molecule has 4 N–H and O–H groups in total. The minimum absolute atomic E-state index is 0.0712. The quantitative estimate of drug-likeness (QED) is 0.408. The lowest BCUT2D eigenvalue weighted by atomic mass is 9.83. The van der Waals surface area contributed by atoms with Gasteiger partial charge in [0.25, 0.3) is 0 Å². The van der Waals surface area contributed by atoms with Crippen molar-refractivity contribution in [3.63, 3.8) is 0 Å². The van der Waals surface area contributed by atoms with Crippen molar-refractivity contribution in [2.45, 2.75) is 57.2 Å². The molecule has 2 aliphatic rings. The van der Waals surface area contributed by atoms with E-state index in [1.807, 2.05) is 4.90 Å². The number of anilines is 1. The standard InChI is InChI=1S/C28H35FN4O4/c1-18(35)20-6-4-7-23(14-20)31-28(37)32-25-8-3-2-5-21(25)15-33-16-24(30-27(36)26(33)17-34)13-19-9-11-22(29)12-10-19/h4,6-7,9-12,14,21,24-26,34H,2-3,5,8,13,15-17H2,1H3,(H,30,36)(H2,31,32,37)/t21?,24-,25?,26-/m0/s1. The highest BCUT2D eigenvalue weighted by Gasteiger charge is 2.37. The van der Waals surface area contributed by atoms with Crippen LogP contribution >= 0.6 is 0 Å². The van der Waals surface area contributed by atoms with Crippen LogP contribution in [-0.4, -0.2) is 65.5 Å². The van der Waals surface area contributed by atoms with Crippen LogP contribution in [0.1, 0.15) is 48.5 Å². The molecule has 2 aromatic rings. The Morgan fingerprint density at radius 2 is 1.89 bits per heavy atom. The number of carbonyl (C=O) groups is 3. The molecule has 2 fully saturated rings. The first kappa shape index (κ1) is 26.8.